The van der Waals surface area contributed by atoms with Crippen molar-refractivity contribution in [2.24, 2.45) is 0 Å². The average Bonchev–Trinajstić information content (AvgIpc) is 2.20. The van der Waals surface area contributed by atoms with E-state index in [1.54, 1.807) is 6.07 Å². The summed E-state index contributed by atoms with van der Waals surface area (Å²) in [4.78, 5) is 11.4. The van der Waals surface area contributed by atoms with Crippen LogP contribution in [0.15, 0.2) is 18.2 Å². The fourth-order valence-electron chi connectivity index (χ4n) is 1.51. The van der Waals surface area contributed by atoms with Crippen LogP contribution in [0.25, 0.3) is 0 Å². The number of hydrogen-bond acceptors (Lipinski definition) is 1. The molecule has 0 amide bonds. The molecule has 0 saturated heterocycles. The van der Waals surface area contributed by atoms with E-state index >= 15 is 0 Å². The summed E-state index contributed by atoms with van der Waals surface area (Å²) in [6, 6.07) is 5.51. The van der Waals surface area contributed by atoms with Crippen LogP contribution in [0.2, 0.25) is 0 Å². The first-order valence-electron chi connectivity index (χ1n) is 5.42. The van der Waals surface area contributed by atoms with Gasteiger partial charge in [-0.15, -0.1) is 0 Å². The van der Waals surface area contributed by atoms with Gasteiger partial charge in [0.15, 0.2) is 0 Å². The number of carbonyl (C=O) groups is 1. The van der Waals surface area contributed by atoms with Gasteiger partial charge in [-0.1, -0.05) is 18.2 Å². The molecule has 0 bridgehead atoms. The van der Waals surface area contributed by atoms with Crippen molar-refractivity contribution in [2.75, 3.05) is 0 Å². The van der Waals surface area contributed by atoms with Crippen molar-refractivity contribution in [3.05, 3.63) is 34.9 Å². The van der Waals surface area contributed by atoms with Crippen molar-refractivity contribution < 1.29 is 18.0 Å². The number of alkyl halides is 3. The SMILES string of the molecule is Cc1ccc(CC(=O)CCC(F)(F)F)cc1C. The van der Waals surface area contributed by atoms with Crippen LogP contribution in [0.5, 0.6) is 0 Å². The summed E-state index contributed by atoms with van der Waals surface area (Å²) in [5.41, 5.74) is 2.93. The summed E-state index contributed by atoms with van der Waals surface area (Å²) in [6.07, 6.45) is -5.64. The van der Waals surface area contributed by atoms with Crippen LogP contribution in [0, 0.1) is 13.8 Å². The van der Waals surface area contributed by atoms with Crippen molar-refractivity contribution in [3.8, 4) is 0 Å². The molecule has 0 aliphatic carbocycles. The molecule has 0 radical (unpaired) electrons. The number of hydrogen-bond donors (Lipinski definition) is 0. The van der Waals surface area contributed by atoms with Gasteiger partial charge in [-0.2, -0.15) is 13.2 Å². The largest absolute Gasteiger partial charge is 0.389 e. The Balaban J connectivity index is 2.54. The number of ketones is 1. The molecule has 4 heteroatoms. The monoisotopic (exact) mass is 244 g/mol. The minimum atomic E-state index is -4.25. The van der Waals surface area contributed by atoms with Crippen molar-refractivity contribution >= 4 is 5.78 Å². The van der Waals surface area contributed by atoms with Gasteiger partial charge in [0.25, 0.3) is 0 Å². The molecule has 0 saturated carbocycles. The Morgan fingerprint density at radius 1 is 1.18 bits per heavy atom. The summed E-state index contributed by atoms with van der Waals surface area (Å²) in [5.74, 6) is -0.370. The fraction of sp³-hybridized carbons (Fsp3) is 0.462. The molecule has 0 atom stereocenters. The molecule has 17 heavy (non-hydrogen) atoms. The first kappa shape index (κ1) is 13.7. The van der Waals surface area contributed by atoms with Crippen molar-refractivity contribution in [1.29, 1.82) is 0 Å². The lowest BCUT2D eigenvalue weighted by Crippen LogP contribution is -2.12. The Kier molecular flexibility index (Phi) is 4.32. The van der Waals surface area contributed by atoms with Crippen LogP contribution < -0.4 is 0 Å². The summed E-state index contributed by atoms with van der Waals surface area (Å²) in [6.45, 7) is 3.86. The Labute approximate surface area is 98.6 Å². The molecular weight excluding hydrogens is 229 g/mol. The summed E-state index contributed by atoms with van der Waals surface area (Å²) < 4.78 is 35.8. The number of benzene rings is 1. The Morgan fingerprint density at radius 3 is 2.35 bits per heavy atom. The van der Waals surface area contributed by atoms with E-state index in [0.717, 1.165) is 16.7 Å². The Morgan fingerprint density at radius 2 is 1.82 bits per heavy atom. The highest BCUT2D eigenvalue weighted by Crippen LogP contribution is 2.22. The molecule has 0 N–H and O–H groups in total. The number of rotatable bonds is 4. The molecule has 1 rings (SSSR count). The highest BCUT2D eigenvalue weighted by Gasteiger charge is 2.27. The lowest BCUT2D eigenvalue weighted by atomic mass is 10.0. The van der Waals surface area contributed by atoms with Gasteiger partial charge in [0.2, 0.25) is 0 Å². The topological polar surface area (TPSA) is 17.1 Å². The average molecular weight is 244 g/mol. The van der Waals surface area contributed by atoms with E-state index in [-0.39, 0.29) is 12.2 Å². The zero-order valence-electron chi connectivity index (χ0n) is 9.90. The van der Waals surface area contributed by atoms with Crippen LogP contribution in [0.3, 0.4) is 0 Å². The highest BCUT2D eigenvalue weighted by molar-refractivity contribution is 5.80. The Bertz CT molecular complexity index is 408. The molecule has 1 aromatic rings. The van der Waals surface area contributed by atoms with E-state index in [0.29, 0.717) is 0 Å². The zero-order valence-corrected chi connectivity index (χ0v) is 9.90. The zero-order chi connectivity index (χ0) is 13.1. The molecule has 94 valence electrons. The minimum Gasteiger partial charge on any atom is -0.299 e. The van der Waals surface area contributed by atoms with Crippen LogP contribution >= 0.6 is 0 Å². The van der Waals surface area contributed by atoms with Gasteiger partial charge in [0.05, 0.1) is 6.42 Å². The van der Waals surface area contributed by atoms with Crippen LogP contribution in [-0.2, 0) is 11.2 Å². The van der Waals surface area contributed by atoms with Crippen LogP contribution in [-0.4, -0.2) is 12.0 Å². The normalized spacial score (nSPS) is 11.6. The second kappa shape index (κ2) is 5.34. The third kappa shape index (κ3) is 5.02. The molecule has 1 aromatic carbocycles. The molecular formula is C13H15F3O. The molecule has 0 spiro atoms. The summed E-state index contributed by atoms with van der Waals surface area (Å²) in [7, 11) is 0. The van der Waals surface area contributed by atoms with E-state index in [4.69, 9.17) is 0 Å². The van der Waals surface area contributed by atoms with E-state index in [2.05, 4.69) is 0 Å². The van der Waals surface area contributed by atoms with Gasteiger partial charge < -0.3 is 0 Å². The van der Waals surface area contributed by atoms with Gasteiger partial charge in [-0.05, 0) is 30.5 Å². The number of Topliss-reactive ketones (excluding diaryl/α,β-unsaturated/α-hetero) is 1. The molecule has 0 aromatic heterocycles. The molecule has 0 fully saturated rings. The summed E-state index contributed by atoms with van der Waals surface area (Å²) in [5, 5.41) is 0. The maximum atomic E-state index is 11.9. The fourth-order valence-corrected chi connectivity index (χ4v) is 1.51. The first-order chi connectivity index (χ1) is 7.78. The maximum absolute atomic E-state index is 11.9. The lowest BCUT2D eigenvalue weighted by molar-refractivity contribution is -0.143. The third-order valence-corrected chi connectivity index (χ3v) is 2.66. The van der Waals surface area contributed by atoms with E-state index in [1.807, 2.05) is 26.0 Å². The standard InChI is InChI=1S/C13H15F3O/c1-9-3-4-11(7-10(9)2)8-12(17)5-6-13(14,15)16/h3-4,7H,5-6,8H2,1-2H3. The minimum absolute atomic E-state index is 0.0806. The van der Waals surface area contributed by atoms with Gasteiger partial charge in [-0.25, -0.2) is 0 Å². The summed E-state index contributed by atoms with van der Waals surface area (Å²) >= 11 is 0. The second-order valence-corrected chi connectivity index (χ2v) is 4.25. The van der Waals surface area contributed by atoms with Crippen molar-refractivity contribution in [3.63, 3.8) is 0 Å². The number of halogens is 3. The van der Waals surface area contributed by atoms with Gasteiger partial charge in [-0.3, -0.25) is 4.79 Å². The van der Waals surface area contributed by atoms with Gasteiger partial charge in [0.1, 0.15) is 5.78 Å². The lowest BCUT2D eigenvalue weighted by Gasteiger charge is -2.07. The van der Waals surface area contributed by atoms with Gasteiger partial charge >= 0.3 is 6.18 Å². The van der Waals surface area contributed by atoms with E-state index in [9.17, 15) is 18.0 Å². The number of carbonyl (C=O) groups excluding carboxylic acids is 1. The molecule has 0 aliphatic rings. The second-order valence-electron chi connectivity index (χ2n) is 4.25. The van der Waals surface area contributed by atoms with Crippen molar-refractivity contribution in [2.45, 2.75) is 39.3 Å². The quantitative estimate of drug-likeness (QED) is 0.788. The van der Waals surface area contributed by atoms with Crippen LogP contribution in [0.4, 0.5) is 13.2 Å². The van der Waals surface area contributed by atoms with E-state index in [1.165, 1.54) is 0 Å². The molecule has 0 heterocycles. The molecule has 0 aliphatic heterocycles. The number of aryl methyl sites for hydroxylation is 2. The molecule has 0 unspecified atom stereocenters. The smallest absolute Gasteiger partial charge is 0.299 e. The van der Waals surface area contributed by atoms with Crippen LogP contribution in [0.1, 0.15) is 29.5 Å². The predicted molar refractivity (Wildman–Crippen MR) is 59.9 cm³/mol. The first-order valence-corrected chi connectivity index (χ1v) is 5.42. The van der Waals surface area contributed by atoms with Gasteiger partial charge in [0, 0.05) is 12.8 Å². The van der Waals surface area contributed by atoms with E-state index < -0.39 is 19.0 Å². The maximum Gasteiger partial charge on any atom is 0.389 e. The highest BCUT2D eigenvalue weighted by atomic mass is 19.4. The predicted octanol–water partition coefficient (Wildman–Crippen LogP) is 3.76. The Hall–Kier alpha value is -1.32. The third-order valence-electron chi connectivity index (χ3n) is 2.66. The van der Waals surface area contributed by atoms with Crippen molar-refractivity contribution in [1.82, 2.24) is 0 Å². The molecule has 1 nitrogen and oxygen atoms in total.